The van der Waals surface area contributed by atoms with Crippen molar-refractivity contribution in [1.82, 2.24) is 0 Å². The summed E-state index contributed by atoms with van der Waals surface area (Å²) in [5.41, 5.74) is 1.37. The number of carbonyl (C=O) groups is 2. The number of thioether (sulfide) groups is 1. The lowest BCUT2D eigenvalue weighted by molar-refractivity contribution is -0.116. The number of hydrogen-bond donors (Lipinski definition) is 2. The minimum absolute atomic E-state index is 0.00404. The zero-order valence-electron chi connectivity index (χ0n) is 16.6. The van der Waals surface area contributed by atoms with Crippen molar-refractivity contribution in [2.45, 2.75) is 36.8 Å². The van der Waals surface area contributed by atoms with E-state index in [0.29, 0.717) is 23.6 Å². The van der Waals surface area contributed by atoms with Crippen LogP contribution in [-0.4, -0.2) is 31.3 Å². The zero-order chi connectivity index (χ0) is 20.5. The number of rotatable bonds is 9. The van der Waals surface area contributed by atoms with Crippen LogP contribution in [0.4, 0.5) is 11.4 Å². The van der Waals surface area contributed by atoms with Crippen molar-refractivity contribution in [3.63, 3.8) is 0 Å². The van der Waals surface area contributed by atoms with Crippen molar-refractivity contribution in [2.24, 2.45) is 0 Å². The molecule has 2 aromatic rings. The SMILES string of the molecule is CCCC(=O)Nc1ccc(SC(C)C(=O)Nc2cc(OC)cc(OC)c2)cc1. The van der Waals surface area contributed by atoms with Gasteiger partial charge in [0.15, 0.2) is 0 Å². The topological polar surface area (TPSA) is 76.7 Å². The molecule has 0 radical (unpaired) electrons. The smallest absolute Gasteiger partial charge is 0.237 e. The molecule has 150 valence electrons. The monoisotopic (exact) mass is 402 g/mol. The molecule has 2 aromatic carbocycles. The third-order valence-corrected chi connectivity index (χ3v) is 5.03. The Balaban J connectivity index is 1.96. The summed E-state index contributed by atoms with van der Waals surface area (Å²) in [4.78, 5) is 25.1. The maximum absolute atomic E-state index is 12.5. The molecule has 0 aromatic heterocycles. The molecule has 1 atom stereocenters. The molecule has 0 fully saturated rings. The summed E-state index contributed by atoms with van der Waals surface area (Å²) in [5, 5.41) is 5.43. The molecule has 0 aliphatic carbocycles. The van der Waals surface area contributed by atoms with E-state index in [9.17, 15) is 9.59 Å². The van der Waals surface area contributed by atoms with Gasteiger partial charge in [-0.1, -0.05) is 6.92 Å². The standard InChI is InChI=1S/C21H26N2O4S/c1-5-6-20(24)22-15-7-9-19(10-8-15)28-14(2)21(25)23-16-11-17(26-3)13-18(12-16)27-4/h7-14H,5-6H2,1-4H3,(H,22,24)(H,23,25). The Kier molecular flexibility index (Phi) is 8.19. The van der Waals surface area contributed by atoms with Gasteiger partial charge in [-0.2, -0.15) is 0 Å². The van der Waals surface area contributed by atoms with E-state index in [4.69, 9.17) is 9.47 Å². The van der Waals surface area contributed by atoms with E-state index in [2.05, 4.69) is 10.6 Å². The van der Waals surface area contributed by atoms with E-state index < -0.39 is 0 Å². The molecule has 28 heavy (non-hydrogen) atoms. The van der Waals surface area contributed by atoms with Crippen LogP contribution < -0.4 is 20.1 Å². The molecule has 0 saturated heterocycles. The third kappa shape index (κ3) is 6.49. The molecule has 2 rings (SSSR count). The van der Waals surface area contributed by atoms with Gasteiger partial charge in [0.1, 0.15) is 11.5 Å². The Morgan fingerprint density at radius 2 is 1.57 bits per heavy atom. The number of methoxy groups -OCH3 is 2. The van der Waals surface area contributed by atoms with Crippen LogP contribution in [0.3, 0.4) is 0 Å². The molecule has 0 aliphatic rings. The summed E-state index contributed by atoms with van der Waals surface area (Å²) in [6.07, 6.45) is 1.31. The Bertz CT molecular complexity index is 786. The average molecular weight is 403 g/mol. The van der Waals surface area contributed by atoms with E-state index in [1.165, 1.54) is 11.8 Å². The molecule has 0 saturated carbocycles. The fourth-order valence-corrected chi connectivity index (χ4v) is 3.32. The number of carbonyl (C=O) groups excluding carboxylic acids is 2. The van der Waals surface area contributed by atoms with Crippen LogP contribution >= 0.6 is 11.8 Å². The number of ether oxygens (including phenoxy) is 2. The quantitative estimate of drug-likeness (QED) is 0.601. The number of anilines is 2. The maximum atomic E-state index is 12.5. The molecule has 0 heterocycles. The minimum Gasteiger partial charge on any atom is -0.497 e. The van der Waals surface area contributed by atoms with Crippen LogP contribution in [-0.2, 0) is 9.59 Å². The van der Waals surface area contributed by atoms with Gasteiger partial charge >= 0.3 is 0 Å². The lowest BCUT2D eigenvalue weighted by Gasteiger charge is -2.14. The number of amides is 2. The summed E-state index contributed by atoms with van der Waals surface area (Å²) in [6.45, 7) is 3.81. The molecular weight excluding hydrogens is 376 g/mol. The van der Waals surface area contributed by atoms with Gasteiger partial charge < -0.3 is 20.1 Å². The second-order valence-electron chi connectivity index (χ2n) is 6.17. The van der Waals surface area contributed by atoms with Gasteiger partial charge in [-0.3, -0.25) is 9.59 Å². The van der Waals surface area contributed by atoms with Gasteiger partial charge in [0.05, 0.1) is 19.5 Å². The number of benzene rings is 2. The molecule has 2 N–H and O–H groups in total. The Hall–Kier alpha value is -2.67. The second-order valence-corrected chi connectivity index (χ2v) is 7.59. The number of nitrogens with one attached hydrogen (secondary N) is 2. The highest BCUT2D eigenvalue weighted by atomic mass is 32.2. The molecule has 0 spiro atoms. The average Bonchev–Trinajstić information content (AvgIpc) is 2.69. The number of hydrogen-bond acceptors (Lipinski definition) is 5. The van der Waals surface area contributed by atoms with E-state index >= 15 is 0 Å². The summed E-state index contributed by atoms with van der Waals surface area (Å²) in [5.74, 6) is 1.09. The van der Waals surface area contributed by atoms with E-state index in [0.717, 1.165) is 17.0 Å². The van der Waals surface area contributed by atoms with E-state index in [1.54, 1.807) is 32.4 Å². The van der Waals surface area contributed by atoms with Crippen LogP contribution in [0, 0.1) is 0 Å². The first kappa shape index (κ1) is 21.6. The molecule has 0 aliphatic heterocycles. The van der Waals surface area contributed by atoms with Crippen LogP contribution in [0.1, 0.15) is 26.7 Å². The second kappa shape index (κ2) is 10.6. The predicted molar refractivity (Wildman–Crippen MR) is 113 cm³/mol. The summed E-state index contributed by atoms with van der Waals surface area (Å²) >= 11 is 1.44. The minimum atomic E-state index is -0.308. The van der Waals surface area contributed by atoms with Gasteiger partial charge in [-0.15, -0.1) is 11.8 Å². The third-order valence-electron chi connectivity index (χ3n) is 3.92. The first-order chi connectivity index (χ1) is 13.4. The van der Waals surface area contributed by atoms with Crippen molar-refractivity contribution in [2.75, 3.05) is 24.9 Å². The highest BCUT2D eigenvalue weighted by molar-refractivity contribution is 8.00. The maximum Gasteiger partial charge on any atom is 0.237 e. The Labute approximate surface area is 170 Å². The van der Waals surface area contributed by atoms with Crippen molar-refractivity contribution in [1.29, 1.82) is 0 Å². The van der Waals surface area contributed by atoms with Crippen molar-refractivity contribution < 1.29 is 19.1 Å². The van der Waals surface area contributed by atoms with Crippen LogP contribution in [0.25, 0.3) is 0 Å². The lowest BCUT2D eigenvalue weighted by atomic mass is 10.2. The predicted octanol–water partition coefficient (Wildman–Crippen LogP) is 4.56. The molecule has 7 heteroatoms. The van der Waals surface area contributed by atoms with Gasteiger partial charge in [0, 0.05) is 40.9 Å². The van der Waals surface area contributed by atoms with Crippen LogP contribution in [0.15, 0.2) is 47.4 Å². The van der Waals surface area contributed by atoms with E-state index in [1.807, 2.05) is 38.1 Å². The fraction of sp³-hybridized carbons (Fsp3) is 0.333. The normalized spacial score (nSPS) is 11.4. The fourth-order valence-electron chi connectivity index (χ4n) is 2.45. The largest absolute Gasteiger partial charge is 0.497 e. The molecule has 1 unspecified atom stereocenters. The lowest BCUT2D eigenvalue weighted by Crippen LogP contribution is -2.22. The van der Waals surface area contributed by atoms with Crippen molar-refractivity contribution in [3.05, 3.63) is 42.5 Å². The van der Waals surface area contributed by atoms with Gasteiger partial charge in [-0.25, -0.2) is 0 Å². The van der Waals surface area contributed by atoms with Gasteiger partial charge in [0.25, 0.3) is 0 Å². The zero-order valence-corrected chi connectivity index (χ0v) is 17.4. The Morgan fingerprint density at radius 1 is 0.964 bits per heavy atom. The molecule has 2 amide bonds. The van der Waals surface area contributed by atoms with Crippen molar-refractivity contribution >= 4 is 35.0 Å². The van der Waals surface area contributed by atoms with Gasteiger partial charge in [0.2, 0.25) is 11.8 Å². The van der Waals surface area contributed by atoms with Crippen LogP contribution in [0.5, 0.6) is 11.5 Å². The van der Waals surface area contributed by atoms with Crippen molar-refractivity contribution in [3.8, 4) is 11.5 Å². The molecule has 6 nitrogen and oxygen atoms in total. The molecule has 0 bridgehead atoms. The van der Waals surface area contributed by atoms with E-state index in [-0.39, 0.29) is 17.1 Å². The summed E-state index contributed by atoms with van der Waals surface area (Å²) < 4.78 is 10.4. The summed E-state index contributed by atoms with van der Waals surface area (Å²) in [7, 11) is 3.13. The summed E-state index contributed by atoms with van der Waals surface area (Å²) in [6, 6.07) is 12.7. The Morgan fingerprint density at radius 3 is 2.11 bits per heavy atom. The molecular formula is C21H26N2O4S. The highest BCUT2D eigenvalue weighted by Gasteiger charge is 2.15. The van der Waals surface area contributed by atoms with Gasteiger partial charge in [-0.05, 0) is 37.6 Å². The first-order valence-electron chi connectivity index (χ1n) is 9.05. The van der Waals surface area contributed by atoms with Crippen LogP contribution in [0.2, 0.25) is 0 Å². The highest BCUT2D eigenvalue weighted by Crippen LogP contribution is 2.28. The first-order valence-corrected chi connectivity index (χ1v) is 9.93.